The Morgan fingerprint density at radius 2 is 1.94 bits per heavy atom. The number of rotatable bonds is 5. The van der Waals surface area contributed by atoms with Crippen LogP contribution in [0.1, 0.15) is 27.9 Å². The van der Waals surface area contributed by atoms with E-state index in [1.165, 1.54) is 24.3 Å². The fourth-order valence-corrected chi connectivity index (χ4v) is 3.44. The second kappa shape index (κ2) is 10.5. The molecule has 172 valence electrons. The van der Waals surface area contributed by atoms with E-state index < -0.39 is 11.9 Å². The summed E-state index contributed by atoms with van der Waals surface area (Å²) in [6.45, 7) is 5.86. The van der Waals surface area contributed by atoms with Gasteiger partial charge in [0.15, 0.2) is 11.6 Å². The van der Waals surface area contributed by atoms with Gasteiger partial charge in [0.05, 0.1) is 29.9 Å². The molecule has 3 rings (SSSR count). The molecule has 0 aliphatic heterocycles. The van der Waals surface area contributed by atoms with Gasteiger partial charge in [-0.1, -0.05) is 53.6 Å². The third kappa shape index (κ3) is 5.94. The minimum atomic E-state index is -0.739. The molecule has 0 aliphatic carbocycles. The number of methoxy groups -OCH3 is 1. The number of nitrogens with one attached hydrogen (secondary N) is 1. The van der Waals surface area contributed by atoms with E-state index in [9.17, 15) is 9.18 Å². The highest BCUT2D eigenvalue weighted by Crippen LogP contribution is 2.29. The van der Waals surface area contributed by atoms with Crippen molar-refractivity contribution in [1.29, 1.82) is 0 Å². The SMILES string of the molecule is COC(=O)N(Cc1ccc(C)cc1C)NC(=S)c1cc(C)nnc1Oc1cccc(Cl)c1F. The lowest BCUT2D eigenvalue weighted by Crippen LogP contribution is -2.45. The van der Waals surface area contributed by atoms with Crippen molar-refractivity contribution in [2.75, 3.05) is 7.11 Å². The van der Waals surface area contributed by atoms with Gasteiger partial charge in [-0.15, -0.1) is 5.10 Å². The van der Waals surface area contributed by atoms with Crippen molar-refractivity contribution >= 4 is 34.9 Å². The Balaban J connectivity index is 1.89. The smallest absolute Gasteiger partial charge is 0.428 e. The first kappa shape index (κ1) is 24.3. The second-order valence-corrected chi connectivity index (χ2v) is 8.10. The zero-order chi connectivity index (χ0) is 24.1. The van der Waals surface area contributed by atoms with Crippen LogP contribution in [-0.4, -0.2) is 33.4 Å². The Morgan fingerprint density at radius 1 is 1.18 bits per heavy atom. The standard InChI is InChI=1S/C23H22ClFN4O3S/c1-13-8-9-16(14(2)10-13)12-29(23(30)31-4)28-22(33)17-11-15(3)26-27-21(17)32-19-7-5-6-18(24)20(19)25/h5-11H,12H2,1-4H3,(H,28,33). The number of benzene rings is 2. The minimum Gasteiger partial charge on any atom is -0.452 e. The fourth-order valence-electron chi connectivity index (χ4n) is 3.02. The topological polar surface area (TPSA) is 76.6 Å². The predicted octanol–water partition coefficient (Wildman–Crippen LogP) is 5.44. The predicted molar refractivity (Wildman–Crippen MR) is 127 cm³/mol. The van der Waals surface area contributed by atoms with Crippen molar-refractivity contribution in [3.8, 4) is 11.6 Å². The van der Waals surface area contributed by atoms with E-state index in [4.69, 9.17) is 33.3 Å². The second-order valence-electron chi connectivity index (χ2n) is 7.29. The van der Waals surface area contributed by atoms with Gasteiger partial charge in [0.25, 0.3) is 0 Å². The Hall–Kier alpha value is -3.30. The molecule has 1 N–H and O–H groups in total. The van der Waals surface area contributed by atoms with E-state index >= 15 is 0 Å². The van der Waals surface area contributed by atoms with Gasteiger partial charge in [-0.25, -0.2) is 14.2 Å². The van der Waals surface area contributed by atoms with Crippen molar-refractivity contribution in [2.24, 2.45) is 0 Å². The molecule has 0 unspecified atom stereocenters. The van der Waals surface area contributed by atoms with Crippen LogP contribution in [0.25, 0.3) is 0 Å². The molecule has 33 heavy (non-hydrogen) atoms. The van der Waals surface area contributed by atoms with Gasteiger partial charge in [-0.2, -0.15) is 5.10 Å². The number of halogens is 2. The monoisotopic (exact) mass is 488 g/mol. The van der Waals surface area contributed by atoms with Gasteiger partial charge in [-0.05, 0) is 50.1 Å². The maximum absolute atomic E-state index is 14.3. The Labute approximate surface area is 201 Å². The molecule has 10 heteroatoms. The number of carbonyl (C=O) groups excluding carboxylic acids is 1. The van der Waals surface area contributed by atoms with Crippen LogP contribution in [0.15, 0.2) is 42.5 Å². The maximum atomic E-state index is 14.3. The molecular weight excluding hydrogens is 467 g/mol. The summed E-state index contributed by atoms with van der Waals surface area (Å²) < 4.78 is 24.9. The quantitative estimate of drug-likeness (QED) is 0.378. The number of hydrogen-bond acceptors (Lipinski definition) is 6. The van der Waals surface area contributed by atoms with Crippen LogP contribution in [0.4, 0.5) is 9.18 Å². The lowest BCUT2D eigenvalue weighted by atomic mass is 10.1. The molecule has 1 aromatic heterocycles. The molecule has 0 atom stereocenters. The summed E-state index contributed by atoms with van der Waals surface area (Å²) in [5.41, 5.74) is 6.76. The molecule has 7 nitrogen and oxygen atoms in total. The van der Waals surface area contributed by atoms with Crippen molar-refractivity contribution in [1.82, 2.24) is 20.6 Å². The number of aromatic nitrogens is 2. The zero-order valence-electron chi connectivity index (χ0n) is 18.5. The first-order valence-electron chi connectivity index (χ1n) is 9.88. The van der Waals surface area contributed by atoms with Crippen LogP contribution < -0.4 is 10.2 Å². The summed E-state index contributed by atoms with van der Waals surface area (Å²) in [4.78, 5) is 12.6. The van der Waals surface area contributed by atoms with Crippen molar-refractivity contribution in [3.63, 3.8) is 0 Å². The normalized spacial score (nSPS) is 10.5. The molecule has 0 spiro atoms. The van der Waals surface area contributed by atoms with Crippen molar-refractivity contribution in [2.45, 2.75) is 27.3 Å². The molecule has 1 heterocycles. The molecule has 3 aromatic rings. The first-order valence-corrected chi connectivity index (χ1v) is 10.7. The van der Waals surface area contributed by atoms with Crippen LogP contribution in [-0.2, 0) is 11.3 Å². The summed E-state index contributed by atoms with van der Waals surface area (Å²) in [6.07, 6.45) is -0.639. The number of hydrazine groups is 1. The average molecular weight is 489 g/mol. The summed E-state index contributed by atoms with van der Waals surface area (Å²) in [6, 6.07) is 11.9. The van der Waals surface area contributed by atoms with E-state index in [-0.39, 0.29) is 28.2 Å². The molecule has 0 fully saturated rings. The van der Waals surface area contributed by atoms with E-state index in [2.05, 4.69) is 15.6 Å². The van der Waals surface area contributed by atoms with Crippen molar-refractivity contribution in [3.05, 3.63) is 81.3 Å². The largest absolute Gasteiger partial charge is 0.452 e. The Kier molecular flexibility index (Phi) is 7.78. The summed E-state index contributed by atoms with van der Waals surface area (Å²) in [7, 11) is 1.27. The highest BCUT2D eigenvalue weighted by atomic mass is 35.5. The Morgan fingerprint density at radius 3 is 2.64 bits per heavy atom. The minimum absolute atomic E-state index is 0.0457. The molecule has 0 radical (unpaired) electrons. The number of nitrogens with zero attached hydrogens (tertiary/aromatic N) is 3. The molecule has 0 saturated carbocycles. The van der Waals surface area contributed by atoms with Gasteiger partial charge in [0, 0.05) is 0 Å². The van der Waals surface area contributed by atoms with E-state index in [0.717, 1.165) is 16.7 Å². The number of carbonyl (C=O) groups is 1. The molecule has 1 amide bonds. The highest BCUT2D eigenvalue weighted by Gasteiger charge is 2.21. The lowest BCUT2D eigenvalue weighted by molar-refractivity contribution is 0.110. The summed E-state index contributed by atoms with van der Waals surface area (Å²) >= 11 is 11.4. The summed E-state index contributed by atoms with van der Waals surface area (Å²) in [5.74, 6) is -0.919. The molecule has 0 aliphatic rings. The molecule has 2 aromatic carbocycles. The van der Waals surface area contributed by atoms with Crippen LogP contribution in [0, 0.1) is 26.6 Å². The van der Waals surface area contributed by atoms with E-state index in [1.54, 1.807) is 19.1 Å². The zero-order valence-corrected chi connectivity index (χ0v) is 20.1. The fraction of sp³-hybridized carbons (Fsp3) is 0.217. The van der Waals surface area contributed by atoms with Gasteiger partial charge < -0.3 is 9.47 Å². The van der Waals surface area contributed by atoms with E-state index in [0.29, 0.717) is 11.3 Å². The van der Waals surface area contributed by atoms with Gasteiger partial charge in [0.2, 0.25) is 5.88 Å². The molecule has 0 bridgehead atoms. The van der Waals surface area contributed by atoms with Crippen LogP contribution in [0.3, 0.4) is 0 Å². The highest BCUT2D eigenvalue weighted by molar-refractivity contribution is 7.80. The van der Waals surface area contributed by atoms with Crippen LogP contribution >= 0.6 is 23.8 Å². The maximum Gasteiger partial charge on any atom is 0.428 e. The number of thiocarbonyl (C=S) groups is 1. The average Bonchev–Trinajstić information content (AvgIpc) is 2.78. The van der Waals surface area contributed by atoms with Gasteiger partial charge >= 0.3 is 6.09 Å². The van der Waals surface area contributed by atoms with Crippen LogP contribution in [0.2, 0.25) is 5.02 Å². The third-order valence-corrected chi connectivity index (χ3v) is 5.31. The molecule has 0 saturated heterocycles. The van der Waals surface area contributed by atoms with Crippen LogP contribution in [0.5, 0.6) is 11.6 Å². The number of ether oxygens (including phenoxy) is 2. The number of hydrogen-bond donors (Lipinski definition) is 1. The molecular formula is C23H22ClFN4O3S. The number of amides is 1. The summed E-state index contributed by atoms with van der Waals surface area (Å²) in [5, 5.41) is 9.11. The first-order chi connectivity index (χ1) is 15.7. The Bertz CT molecular complexity index is 1210. The van der Waals surface area contributed by atoms with Crippen molar-refractivity contribution < 1.29 is 18.7 Å². The lowest BCUT2D eigenvalue weighted by Gasteiger charge is -2.24. The van der Waals surface area contributed by atoms with Gasteiger partial charge in [0.1, 0.15) is 4.99 Å². The number of aryl methyl sites for hydroxylation is 3. The van der Waals surface area contributed by atoms with E-state index in [1.807, 2.05) is 32.0 Å². The third-order valence-electron chi connectivity index (χ3n) is 4.71. The van der Waals surface area contributed by atoms with Gasteiger partial charge in [-0.3, -0.25) is 5.43 Å².